The number of benzene rings is 1. The molecule has 1 amide bonds. The van der Waals surface area contributed by atoms with Crippen molar-refractivity contribution in [3.63, 3.8) is 0 Å². The largest absolute Gasteiger partial charge is 0.383 e. The Balaban J connectivity index is 1.58. The number of amidine groups is 1. The number of piperidine rings is 1. The van der Waals surface area contributed by atoms with Gasteiger partial charge in [-0.25, -0.2) is 9.37 Å². The number of nitrogens with two attached hydrogens (primary N) is 1. The van der Waals surface area contributed by atoms with E-state index in [0.717, 1.165) is 37.2 Å². The lowest BCUT2D eigenvalue weighted by atomic mass is 9.85. The van der Waals surface area contributed by atoms with Crippen molar-refractivity contribution in [2.45, 2.75) is 71.4 Å². The number of fused-ring (bicyclic) bond motifs is 1. The van der Waals surface area contributed by atoms with Crippen LogP contribution in [0.15, 0.2) is 23.2 Å². The number of aliphatic imine (C=N–C) groups is 1. The number of nitrogens with one attached hydrogen (secondary N) is 1. The van der Waals surface area contributed by atoms with Crippen LogP contribution >= 0.6 is 0 Å². The van der Waals surface area contributed by atoms with E-state index in [2.05, 4.69) is 22.1 Å². The molecule has 2 unspecified atom stereocenters. The third kappa shape index (κ3) is 4.93. The molecule has 172 valence electrons. The van der Waals surface area contributed by atoms with Crippen LogP contribution < -0.4 is 16.0 Å². The molecule has 2 heterocycles. The zero-order chi connectivity index (χ0) is 22.8. The van der Waals surface area contributed by atoms with Gasteiger partial charge in [-0.3, -0.25) is 4.79 Å². The number of aromatic nitrogens is 1. The molecule has 1 saturated heterocycles. The Morgan fingerprint density at radius 1 is 1.19 bits per heavy atom. The molecule has 32 heavy (non-hydrogen) atoms. The second kappa shape index (κ2) is 9.53. The molecule has 2 aromatic rings. The highest BCUT2D eigenvalue weighted by Crippen LogP contribution is 2.29. The number of halogens is 1. The standard InChI is InChI=1S/C25H34FN5O/c1-15-6-4-5-7-22(15)29-19-8-10-31(11-9-19)25-20(24(27)28-17(3)32)13-18-12-16(2)21(26)14-23(18)30-25/h12-15,19,22,29H,4-11H2,1-3H3,(H2,27,28,32). The number of aryl methyl sites for hydroxylation is 1. The monoisotopic (exact) mass is 439 g/mol. The average molecular weight is 440 g/mol. The van der Waals surface area contributed by atoms with Crippen LogP contribution in [0.2, 0.25) is 0 Å². The van der Waals surface area contributed by atoms with Crippen LogP contribution in [0.1, 0.15) is 63.5 Å². The molecule has 0 radical (unpaired) electrons. The molecule has 4 rings (SSSR count). The molecule has 1 aliphatic carbocycles. The van der Waals surface area contributed by atoms with Crippen molar-refractivity contribution in [2.75, 3.05) is 18.0 Å². The number of nitrogens with zero attached hydrogens (tertiary/aromatic N) is 3. The molecule has 1 aliphatic heterocycles. The summed E-state index contributed by atoms with van der Waals surface area (Å²) < 4.78 is 14.2. The Labute approximate surface area is 189 Å². The molecule has 2 fully saturated rings. The molecular formula is C25H34FN5O. The maximum absolute atomic E-state index is 14.2. The minimum absolute atomic E-state index is 0.153. The van der Waals surface area contributed by atoms with Gasteiger partial charge in [0.25, 0.3) is 0 Å². The zero-order valence-electron chi connectivity index (χ0n) is 19.3. The molecule has 7 heteroatoms. The van der Waals surface area contributed by atoms with Crippen LogP contribution in [-0.2, 0) is 4.79 Å². The van der Waals surface area contributed by atoms with Crippen LogP contribution in [-0.4, -0.2) is 41.9 Å². The van der Waals surface area contributed by atoms with Crippen LogP contribution in [0.4, 0.5) is 10.2 Å². The van der Waals surface area contributed by atoms with Gasteiger partial charge in [-0.15, -0.1) is 0 Å². The highest BCUT2D eigenvalue weighted by Gasteiger charge is 2.28. The van der Waals surface area contributed by atoms with Gasteiger partial charge in [-0.1, -0.05) is 19.8 Å². The summed E-state index contributed by atoms with van der Waals surface area (Å²) in [7, 11) is 0. The first-order valence-corrected chi connectivity index (χ1v) is 11.8. The molecule has 0 spiro atoms. The van der Waals surface area contributed by atoms with Gasteiger partial charge in [-0.05, 0) is 56.2 Å². The summed E-state index contributed by atoms with van der Waals surface area (Å²) in [5.74, 6) is 0.927. The number of hydrogen-bond acceptors (Lipinski definition) is 4. The van der Waals surface area contributed by atoms with Crippen LogP contribution in [0.3, 0.4) is 0 Å². The topological polar surface area (TPSA) is 83.6 Å². The lowest BCUT2D eigenvalue weighted by Gasteiger charge is -2.38. The Hall–Kier alpha value is -2.54. The van der Waals surface area contributed by atoms with Gasteiger partial charge in [0.1, 0.15) is 17.5 Å². The minimum Gasteiger partial charge on any atom is -0.383 e. The quantitative estimate of drug-likeness (QED) is 0.554. The van der Waals surface area contributed by atoms with Gasteiger partial charge in [0.15, 0.2) is 0 Å². The van der Waals surface area contributed by atoms with E-state index in [9.17, 15) is 9.18 Å². The van der Waals surface area contributed by atoms with E-state index in [1.165, 1.54) is 38.7 Å². The number of carbonyl (C=O) groups is 1. The molecule has 0 bridgehead atoms. The van der Waals surface area contributed by atoms with E-state index in [1.807, 2.05) is 6.07 Å². The summed E-state index contributed by atoms with van der Waals surface area (Å²) in [5, 5.41) is 4.68. The SMILES string of the molecule is CC(=O)N=C(N)c1cc2cc(C)c(F)cc2nc1N1CCC(NC2CCCCC2C)CC1. The maximum Gasteiger partial charge on any atom is 0.244 e. The molecule has 1 saturated carbocycles. The van der Waals surface area contributed by atoms with Gasteiger partial charge in [-0.2, -0.15) is 4.99 Å². The summed E-state index contributed by atoms with van der Waals surface area (Å²) >= 11 is 0. The summed E-state index contributed by atoms with van der Waals surface area (Å²) in [6, 6.07) is 6.20. The molecule has 6 nitrogen and oxygen atoms in total. The normalized spacial score (nSPS) is 23.0. The minimum atomic E-state index is -0.353. The number of carbonyl (C=O) groups excluding carboxylic acids is 1. The number of rotatable bonds is 4. The Morgan fingerprint density at radius 2 is 1.91 bits per heavy atom. The Morgan fingerprint density at radius 3 is 2.59 bits per heavy atom. The van der Waals surface area contributed by atoms with Crippen molar-refractivity contribution in [2.24, 2.45) is 16.6 Å². The lowest BCUT2D eigenvalue weighted by molar-refractivity contribution is -0.115. The number of amides is 1. The highest BCUT2D eigenvalue weighted by molar-refractivity contribution is 6.08. The van der Waals surface area contributed by atoms with Gasteiger partial charge in [0.2, 0.25) is 5.91 Å². The third-order valence-electron chi connectivity index (χ3n) is 6.98. The molecule has 2 atom stereocenters. The molecule has 3 N–H and O–H groups in total. The lowest BCUT2D eigenvalue weighted by Crippen LogP contribution is -2.49. The van der Waals surface area contributed by atoms with E-state index in [1.54, 1.807) is 13.0 Å². The second-order valence-electron chi connectivity index (χ2n) is 9.47. The predicted molar refractivity (Wildman–Crippen MR) is 128 cm³/mol. The third-order valence-corrected chi connectivity index (χ3v) is 6.98. The van der Waals surface area contributed by atoms with E-state index in [0.29, 0.717) is 34.5 Å². The van der Waals surface area contributed by atoms with Crippen LogP contribution in [0.5, 0.6) is 0 Å². The van der Waals surface area contributed by atoms with E-state index >= 15 is 0 Å². The van der Waals surface area contributed by atoms with Crippen molar-refractivity contribution in [1.29, 1.82) is 0 Å². The van der Waals surface area contributed by atoms with E-state index in [4.69, 9.17) is 10.7 Å². The zero-order valence-corrected chi connectivity index (χ0v) is 19.3. The first kappa shape index (κ1) is 22.6. The summed E-state index contributed by atoms with van der Waals surface area (Å²) in [6.07, 6.45) is 7.25. The fourth-order valence-electron chi connectivity index (χ4n) is 5.08. The predicted octanol–water partition coefficient (Wildman–Crippen LogP) is 4.07. The molecule has 1 aromatic carbocycles. The van der Waals surface area contributed by atoms with Gasteiger partial charge >= 0.3 is 0 Å². The average Bonchev–Trinajstić information content (AvgIpc) is 2.75. The Kier molecular flexibility index (Phi) is 6.74. The number of hydrogen-bond donors (Lipinski definition) is 2. The fourth-order valence-corrected chi connectivity index (χ4v) is 5.08. The van der Waals surface area contributed by atoms with E-state index in [-0.39, 0.29) is 17.6 Å². The Bertz CT molecular complexity index is 1030. The van der Waals surface area contributed by atoms with Gasteiger partial charge < -0.3 is 16.0 Å². The smallest absolute Gasteiger partial charge is 0.244 e. The van der Waals surface area contributed by atoms with Crippen LogP contribution in [0, 0.1) is 18.7 Å². The fraction of sp³-hybridized carbons (Fsp3) is 0.560. The van der Waals surface area contributed by atoms with Crippen molar-refractivity contribution >= 4 is 28.5 Å². The molecular weight excluding hydrogens is 405 g/mol. The highest BCUT2D eigenvalue weighted by atomic mass is 19.1. The second-order valence-corrected chi connectivity index (χ2v) is 9.47. The van der Waals surface area contributed by atoms with Crippen molar-refractivity contribution < 1.29 is 9.18 Å². The van der Waals surface area contributed by atoms with Crippen molar-refractivity contribution in [3.05, 3.63) is 35.1 Å². The van der Waals surface area contributed by atoms with Crippen molar-refractivity contribution in [1.82, 2.24) is 10.3 Å². The van der Waals surface area contributed by atoms with Gasteiger partial charge in [0, 0.05) is 43.5 Å². The van der Waals surface area contributed by atoms with E-state index < -0.39 is 0 Å². The summed E-state index contributed by atoms with van der Waals surface area (Å²) in [6.45, 7) is 7.11. The maximum atomic E-state index is 14.2. The summed E-state index contributed by atoms with van der Waals surface area (Å²) in [4.78, 5) is 22.5. The number of pyridine rings is 1. The number of anilines is 1. The molecule has 1 aromatic heterocycles. The molecule has 2 aliphatic rings. The van der Waals surface area contributed by atoms with Crippen molar-refractivity contribution in [3.8, 4) is 0 Å². The first-order chi connectivity index (χ1) is 15.3. The van der Waals surface area contributed by atoms with Gasteiger partial charge in [0.05, 0.1) is 11.1 Å². The first-order valence-electron chi connectivity index (χ1n) is 11.8. The summed E-state index contributed by atoms with van der Waals surface area (Å²) in [5.41, 5.74) is 7.96. The van der Waals surface area contributed by atoms with Crippen LogP contribution in [0.25, 0.3) is 10.9 Å².